The summed E-state index contributed by atoms with van der Waals surface area (Å²) in [5.41, 5.74) is 5.30. The van der Waals surface area contributed by atoms with Crippen LogP contribution < -0.4 is 0 Å². The van der Waals surface area contributed by atoms with Gasteiger partial charge >= 0.3 is 10.1 Å². The molecule has 2 aromatic rings. The van der Waals surface area contributed by atoms with Gasteiger partial charge in [0.25, 0.3) is 0 Å². The monoisotopic (exact) mass is 358 g/mol. The molecule has 2 aliphatic rings. The van der Waals surface area contributed by atoms with E-state index in [4.69, 9.17) is 4.18 Å². The largest absolute Gasteiger partial charge is 0.382 e. The molecule has 0 saturated heterocycles. The number of rotatable bonds is 2. The predicted octanol–water partition coefficient (Wildman–Crippen LogP) is 2.73. The Balaban J connectivity index is 1.90. The molecule has 0 amide bonds. The van der Waals surface area contributed by atoms with Crippen LogP contribution in [0, 0.1) is 6.92 Å². The molecular formula is C19H22N2O3S. The van der Waals surface area contributed by atoms with Gasteiger partial charge in [0.05, 0.1) is 6.04 Å². The van der Waals surface area contributed by atoms with E-state index in [0.717, 1.165) is 41.1 Å². The van der Waals surface area contributed by atoms with Crippen molar-refractivity contribution in [3.05, 3.63) is 58.9 Å². The highest BCUT2D eigenvalue weighted by molar-refractivity contribution is 7.87. The Hall–Kier alpha value is -2.05. The number of nitrogens with zero attached hydrogens (tertiary/aromatic N) is 2. The van der Waals surface area contributed by atoms with Gasteiger partial charge < -0.3 is 13.7 Å². The summed E-state index contributed by atoms with van der Waals surface area (Å²) in [6, 6.07) is 12.1. The van der Waals surface area contributed by atoms with Crippen LogP contribution >= 0.6 is 0 Å². The van der Waals surface area contributed by atoms with Gasteiger partial charge in [-0.25, -0.2) is 0 Å². The number of aryl methyl sites for hydroxylation is 1. The van der Waals surface area contributed by atoms with E-state index in [-0.39, 0.29) is 11.8 Å². The molecule has 1 aromatic heterocycles. The fourth-order valence-electron chi connectivity index (χ4n) is 3.94. The quantitative estimate of drug-likeness (QED) is 0.775. The van der Waals surface area contributed by atoms with Crippen LogP contribution in [0.4, 0.5) is 0 Å². The summed E-state index contributed by atoms with van der Waals surface area (Å²) in [7, 11) is 0.278. The van der Waals surface area contributed by atoms with Gasteiger partial charge in [0.1, 0.15) is 5.75 Å². The van der Waals surface area contributed by atoms with E-state index in [1.54, 1.807) is 0 Å². The molecule has 6 heteroatoms. The Morgan fingerprint density at radius 1 is 1.16 bits per heavy atom. The second-order valence-corrected chi connectivity index (χ2v) is 8.57. The van der Waals surface area contributed by atoms with Crippen molar-refractivity contribution in [1.29, 1.82) is 0 Å². The lowest BCUT2D eigenvalue weighted by molar-refractivity contribution is 0.319. The molecule has 0 spiro atoms. The maximum Gasteiger partial charge on any atom is 0.311 e. The van der Waals surface area contributed by atoms with Gasteiger partial charge in [0, 0.05) is 22.6 Å². The van der Waals surface area contributed by atoms with E-state index in [1.165, 1.54) is 0 Å². The second-order valence-electron chi connectivity index (χ2n) is 6.96. The third kappa shape index (κ3) is 2.69. The smallest absolute Gasteiger partial charge is 0.311 e. The lowest BCUT2D eigenvalue weighted by Gasteiger charge is -2.35. The highest BCUT2D eigenvalue weighted by Gasteiger charge is 2.39. The first-order valence-corrected chi connectivity index (χ1v) is 10.0. The second kappa shape index (κ2) is 5.75. The average Bonchev–Trinajstić information content (AvgIpc) is 2.90. The van der Waals surface area contributed by atoms with Crippen LogP contribution in [0.15, 0.2) is 42.0 Å². The van der Waals surface area contributed by atoms with Gasteiger partial charge in [-0.3, -0.25) is 0 Å². The molecule has 5 nitrogen and oxygen atoms in total. The molecule has 132 valence electrons. The molecule has 1 atom stereocenters. The summed E-state index contributed by atoms with van der Waals surface area (Å²) in [6.45, 7) is 2.05. The zero-order valence-corrected chi connectivity index (χ0v) is 15.5. The summed E-state index contributed by atoms with van der Waals surface area (Å²) >= 11 is 0. The molecule has 1 aliphatic carbocycles. The van der Waals surface area contributed by atoms with E-state index in [1.807, 2.05) is 50.2 Å². The SMILES string of the molecule is Cc1cc2c(n1-c1ccccc1)CCC1=C2OS(=O)(=O)CC1N(C)C. The molecule has 0 N–H and O–H groups in total. The zero-order chi connectivity index (χ0) is 17.8. The molecule has 0 saturated carbocycles. The van der Waals surface area contributed by atoms with Gasteiger partial charge in [-0.2, -0.15) is 8.42 Å². The van der Waals surface area contributed by atoms with Crippen molar-refractivity contribution in [3.63, 3.8) is 0 Å². The minimum absolute atomic E-state index is 0.0204. The Kier molecular flexibility index (Phi) is 3.77. The molecule has 1 aromatic carbocycles. The number of benzene rings is 1. The van der Waals surface area contributed by atoms with Crippen LogP contribution in [0.2, 0.25) is 0 Å². The Morgan fingerprint density at radius 3 is 2.56 bits per heavy atom. The first-order chi connectivity index (χ1) is 11.9. The summed E-state index contributed by atoms with van der Waals surface area (Å²) in [5.74, 6) is 0.566. The minimum atomic E-state index is -3.57. The molecule has 0 radical (unpaired) electrons. The molecule has 0 bridgehead atoms. The van der Waals surface area contributed by atoms with Crippen molar-refractivity contribution in [2.45, 2.75) is 25.8 Å². The summed E-state index contributed by atoms with van der Waals surface area (Å²) in [5, 5.41) is 0. The molecule has 2 heterocycles. The van der Waals surface area contributed by atoms with Crippen LogP contribution in [0.25, 0.3) is 11.4 Å². The molecule has 25 heavy (non-hydrogen) atoms. The van der Waals surface area contributed by atoms with Gasteiger partial charge in [-0.1, -0.05) is 18.2 Å². The number of likely N-dealkylation sites (N-methyl/N-ethyl adjacent to an activating group) is 1. The van der Waals surface area contributed by atoms with E-state index in [9.17, 15) is 8.42 Å². The van der Waals surface area contributed by atoms with Crippen molar-refractivity contribution in [2.75, 3.05) is 19.8 Å². The van der Waals surface area contributed by atoms with E-state index in [2.05, 4.69) is 16.7 Å². The topological polar surface area (TPSA) is 51.5 Å². The molecule has 0 fully saturated rings. The molecular weight excluding hydrogens is 336 g/mol. The van der Waals surface area contributed by atoms with Gasteiger partial charge in [0.15, 0.2) is 5.76 Å². The first kappa shape index (κ1) is 16.4. The van der Waals surface area contributed by atoms with Crippen molar-refractivity contribution in [1.82, 2.24) is 9.47 Å². The van der Waals surface area contributed by atoms with Crippen LogP contribution in [0.1, 0.15) is 23.4 Å². The number of hydrogen-bond donors (Lipinski definition) is 0. The van der Waals surface area contributed by atoms with Crippen LogP contribution in [0.3, 0.4) is 0 Å². The fourth-order valence-corrected chi connectivity index (χ4v) is 5.35. The van der Waals surface area contributed by atoms with Crippen molar-refractivity contribution >= 4 is 15.9 Å². The molecule has 1 unspecified atom stereocenters. The van der Waals surface area contributed by atoms with Gasteiger partial charge in [-0.15, -0.1) is 0 Å². The van der Waals surface area contributed by atoms with Gasteiger partial charge in [-0.05, 0) is 57.6 Å². The summed E-state index contributed by atoms with van der Waals surface area (Å²) in [4.78, 5) is 1.97. The highest BCUT2D eigenvalue weighted by Crippen LogP contribution is 2.41. The Morgan fingerprint density at radius 2 is 1.88 bits per heavy atom. The third-order valence-corrected chi connectivity index (χ3v) is 6.21. The average molecular weight is 358 g/mol. The fraction of sp³-hybridized carbons (Fsp3) is 0.368. The van der Waals surface area contributed by atoms with Crippen molar-refractivity contribution in [3.8, 4) is 5.69 Å². The third-order valence-electron chi connectivity index (χ3n) is 5.07. The van der Waals surface area contributed by atoms with Gasteiger partial charge in [0.2, 0.25) is 0 Å². The maximum absolute atomic E-state index is 12.3. The Bertz CT molecular complexity index is 956. The van der Waals surface area contributed by atoms with Crippen LogP contribution in [0.5, 0.6) is 0 Å². The lowest BCUT2D eigenvalue weighted by Crippen LogP contribution is -2.41. The highest BCUT2D eigenvalue weighted by atomic mass is 32.2. The molecule has 4 rings (SSSR count). The van der Waals surface area contributed by atoms with Crippen molar-refractivity contribution < 1.29 is 12.6 Å². The standard InChI is InChI=1S/C19H22N2O3S/c1-13-11-16-17(21(13)14-7-5-4-6-8-14)10-9-15-18(20(2)3)12-25(22,23)24-19(15)16/h4-8,11,18H,9-10,12H2,1-3H3. The zero-order valence-electron chi connectivity index (χ0n) is 14.7. The van der Waals surface area contributed by atoms with Crippen LogP contribution in [-0.2, 0) is 20.7 Å². The number of para-hydroxylation sites is 1. The van der Waals surface area contributed by atoms with E-state index >= 15 is 0 Å². The summed E-state index contributed by atoms with van der Waals surface area (Å²) < 4.78 is 32.3. The minimum Gasteiger partial charge on any atom is -0.382 e. The molecule has 1 aliphatic heterocycles. The number of hydrogen-bond acceptors (Lipinski definition) is 4. The summed E-state index contributed by atoms with van der Waals surface area (Å²) in [6.07, 6.45) is 1.70. The number of aromatic nitrogens is 1. The number of fused-ring (bicyclic) bond motifs is 2. The maximum atomic E-state index is 12.3. The lowest BCUT2D eigenvalue weighted by atomic mass is 9.91. The van der Waals surface area contributed by atoms with Crippen LogP contribution in [-0.4, -0.2) is 43.8 Å². The van der Waals surface area contributed by atoms with Crippen molar-refractivity contribution in [2.24, 2.45) is 0 Å². The predicted molar refractivity (Wildman–Crippen MR) is 98.1 cm³/mol. The Labute approximate surface area is 148 Å². The normalized spacial score (nSPS) is 21.7. The van der Waals surface area contributed by atoms with E-state index in [0.29, 0.717) is 5.76 Å². The van der Waals surface area contributed by atoms with E-state index < -0.39 is 10.1 Å². The first-order valence-electron chi connectivity index (χ1n) is 8.46.